The van der Waals surface area contributed by atoms with Crippen LogP contribution in [0, 0.1) is 6.92 Å². The van der Waals surface area contributed by atoms with Crippen molar-refractivity contribution in [3.63, 3.8) is 0 Å². The lowest BCUT2D eigenvalue weighted by Crippen LogP contribution is -2.32. The van der Waals surface area contributed by atoms with Crippen LogP contribution in [0.4, 0.5) is 11.6 Å². The van der Waals surface area contributed by atoms with Crippen molar-refractivity contribution in [1.29, 1.82) is 0 Å². The van der Waals surface area contributed by atoms with Gasteiger partial charge in [0.05, 0.1) is 0 Å². The van der Waals surface area contributed by atoms with Crippen LogP contribution < -0.4 is 10.6 Å². The fourth-order valence-electron chi connectivity index (χ4n) is 2.34. The molecule has 1 rings (SSSR count). The molecule has 21 heavy (non-hydrogen) atoms. The average Bonchev–Trinajstić information content (AvgIpc) is 2.39. The number of hydrogen-bond donors (Lipinski definition) is 2. The van der Waals surface area contributed by atoms with Crippen LogP contribution >= 0.6 is 0 Å². The number of hydrogen-bond acceptors (Lipinski definition) is 4. The van der Waals surface area contributed by atoms with E-state index < -0.39 is 0 Å². The van der Waals surface area contributed by atoms with Crippen LogP contribution in [0.25, 0.3) is 0 Å². The molecule has 1 aromatic rings. The molecule has 4 nitrogen and oxygen atoms in total. The molecular weight excluding hydrogens is 260 g/mol. The molecule has 0 aliphatic heterocycles. The smallest absolute Gasteiger partial charge is 0.135 e. The topological polar surface area (TPSA) is 49.8 Å². The van der Waals surface area contributed by atoms with Gasteiger partial charge in [0.25, 0.3) is 0 Å². The number of rotatable bonds is 8. The summed E-state index contributed by atoms with van der Waals surface area (Å²) >= 11 is 0. The third kappa shape index (κ3) is 5.18. The summed E-state index contributed by atoms with van der Waals surface area (Å²) in [6, 6.07) is 0. The van der Waals surface area contributed by atoms with Crippen LogP contribution in [0.15, 0.2) is 0 Å². The van der Waals surface area contributed by atoms with Crippen molar-refractivity contribution in [1.82, 2.24) is 9.97 Å². The van der Waals surface area contributed by atoms with Crippen molar-refractivity contribution in [3.8, 4) is 0 Å². The molecule has 0 aliphatic carbocycles. The van der Waals surface area contributed by atoms with E-state index in [0.29, 0.717) is 5.92 Å². The predicted octanol–water partition coefficient (Wildman–Crippen LogP) is 4.72. The van der Waals surface area contributed by atoms with Gasteiger partial charge in [0.2, 0.25) is 0 Å². The SMILES string of the molecule is CCCNc1nc(C(C)C)nc(NC(C)(C)CCC)c1C. The Morgan fingerprint density at radius 2 is 1.67 bits per heavy atom. The number of anilines is 2. The van der Waals surface area contributed by atoms with E-state index in [1.807, 2.05) is 0 Å². The monoisotopic (exact) mass is 292 g/mol. The van der Waals surface area contributed by atoms with Gasteiger partial charge in [-0.2, -0.15) is 0 Å². The number of nitrogens with zero attached hydrogens (tertiary/aromatic N) is 2. The second-order valence-electron chi connectivity index (χ2n) is 6.74. The van der Waals surface area contributed by atoms with E-state index in [2.05, 4.69) is 64.1 Å². The minimum atomic E-state index is 0.0458. The fourth-order valence-corrected chi connectivity index (χ4v) is 2.34. The summed E-state index contributed by atoms with van der Waals surface area (Å²) in [7, 11) is 0. The highest BCUT2D eigenvalue weighted by atomic mass is 15.1. The van der Waals surface area contributed by atoms with Crippen molar-refractivity contribution in [2.45, 2.75) is 79.2 Å². The van der Waals surface area contributed by atoms with Gasteiger partial charge >= 0.3 is 0 Å². The molecule has 0 spiro atoms. The summed E-state index contributed by atoms with van der Waals surface area (Å²) < 4.78 is 0. The highest BCUT2D eigenvalue weighted by molar-refractivity contribution is 5.58. The molecule has 0 atom stereocenters. The molecule has 0 aliphatic rings. The minimum Gasteiger partial charge on any atom is -0.370 e. The van der Waals surface area contributed by atoms with Gasteiger partial charge in [-0.25, -0.2) is 9.97 Å². The molecule has 0 radical (unpaired) electrons. The fraction of sp³-hybridized carbons (Fsp3) is 0.765. The van der Waals surface area contributed by atoms with E-state index >= 15 is 0 Å². The lowest BCUT2D eigenvalue weighted by atomic mass is 9.98. The first kappa shape index (κ1) is 17.7. The van der Waals surface area contributed by atoms with E-state index in [4.69, 9.17) is 4.98 Å². The molecule has 0 amide bonds. The maximum Gasteiger partial charge on any atom is 0.135 e. The maximum atomic E-state index is 4.75. The molecular formula is C17H32N4. The van der Waals surface area contributed by atoms with Crippen LogP contribution in [0.3, 0.4) is 0 Å². The summed E-state index contributed by atoms with van der Waals surface area (Å²) in [5.74, 6) is 3.15. The van der Waals surface area contributed by atoms with Crippen molar-refractivity contribution in [3.05, 3.63) is 11.4 Å². The van der Waals surface area contributed by atoms with Crippen LogP contribution in [-0.2, 0) is 0 Å². The van der Waals surface area contributed by atoms with Crippen LogP contribution in [-0.4, -0.2) is 22.1 Å². The van der Waals surface area contributed by atoms with E-state index in [0.717, 1.165) is 48.8 Å². The molecule has 0 saturated carbocycles. The van der Waals surface area contributed by atoms with Gasteiger partial charge in [-0.3, -0.25) is 0 Å². The van der Waals surface area contributed by atoms with Crippen LogP contribution in [0.5, 0.6) is 0 Å². The second-order valence-corrected chi connectivity index (χ2v) is 6.74. The zero-order chi connectivity index (χ0) is 16.0. The Morgan fingerprint density at radius 3 is 2.19 bits per heavy atom. The predicted molar refractivity (Wildman–Crippen MR) is 92.2 cm³/mol. The van der Waals surface area contributed by atoms with E-state index in [9.17, 15) is 0 Å². The Balaban J connectivity index is 3.13. The Kier molecular flexibility index (Phi) is 6.43. The molecule has 0 fully saturated rings. The molecule has 0 unspecified atom stereocenters. The molecule has 120 valence electrons. The van der Waals surface area contributed by atoms with Crippen LogP contribution in [0.2, 0.25) is 0 Å². The lowest BCUT2D eigenvalue weighted by molar-refractivity contribution is 0.508. The molecule has 0 saturated heterocycles. The lowest BCUT2D eigenvalue weighted by Gasteiger charge is -2.28. The molecule has 1 heterocycles. The van der Waals surface area contributed by atoms with Gasteiger partial charge in [0.1, 0.15) is 17.5 Å². The zero-order valence-electron chi connectivity index (χ0n) is 14.8. The molecule has 0 bridgehead atoms. The number of nitrogens with one attached hydrogen (secondary N) is 2. The summed E-state index contributed by atoms with van der Waals surface area (Å²) in [5, 5.41) is 7.03. The largest absolute Gasteiger partial charge is 0.370 e. The molecule has 4 heteroatoms. The maximum absolute atomic E-state index is 4.75. The standard InChI is InChI=1S/C17H32N4/c1-8-10-17(6,7)21-16-13(5)15(18-11-9-2)19-14(20-16)12(3)4/h12H,8-11H2,1-7H3,(H2,18,19,20,21). The molecule has 0 aromatic carbocycles. The zero-order valence-corrected chi connectivity index (χ0v) is 14.8. The van der Waals surface area contributed by atoms with Gasteiger partial charge in [0.15, 0.2) is 0 Å². The third-order valence-corrected chi connectivity index (χ3v) is 3.55. The Hall–Kier alpha value is -1.32. The van der Waals surface area contributed by atoms with Gasteiger partial charge in [-0.15, -0.1) is 0 Å². The van der Waals surface area contributed by atoms with Gasteiger partial charge in [0, 0.05) is 23.6 Å². The highest BCUT2D eigenvalue weighted by Crippen LogP contribution is 2.27. The normalized spacial score (nSPS) is 11.8. The Bertz CT molecular complexity index is 452. The van der Waals surface area contributed by atoms with Crippen molar-refractivity contribution in [2.75, 3.05) is 17.2 Å². The number of aromatic nitrogens is 2. The average molecular weight is 292 g/mol. The second kappa shape index (κ2) is 7.62. The van der Waals surface area contributed by atoms with Gasteiger partial charge in [-0.1, -0.05) is 34.1 Å². The Morgan fingerprint density at radius 1 is 1.05 bits per heavy atom. The molecule has 2 N–H and O–H groups in total. The summed E-state index contributed by atoms with van der Waals surface area (Å²) in [6.45, 7) is 16.1. The van der Waals surface area contributed by atoms with Crippen LogP contribution in [0.1, 0.15) is 78.1 Å². The first-order valence-electron chi connectivity index (χ1n) is 8.21. The third-order valence-electron chi connectivity index (χ3n) is 3.55. The first-order valence-corrected chi connectivity index (χ1v) is 8.21. The van der Waals surface area contributed by atoms with E-state index in [-0.39, 0.29) is 5.54 Å². The van der Waals surface area contributed by atoms with Gasteiger partial charge in [-0.05, 0) is 33.6 Å². The molecule has 1 aromatic heterocycles. The van der Waals surface area contributed by atoms with Crippen molar-refractivity contribution in [2.24, 2.45) is 0 Å². The summed E-state index contributed by atoms with van der Waals surface area (Å²) in [5.41, 5.74) is 1.15. The highest BCUT2D eigenvalue weighted by Gasteiger charge is 2.20. The van der Waals surface area contributed by atoms with Crippen molar-refractivity contribution < 1.29 is 0 Å². The van der Waals surface area contributed by atoms with E-state index in [1.165, 1.54) is 0 Å². The quantitative estimate of drug-likeness (QED) is 0.728. The summed E-state index contributed by atoms with van der Waals surface area (Å²) in [4.78, 5) is 9.43. The van der Waals surface area contributed by atoms with Crippen molar-refractivity contribution >= 4 is 11.6 Å². The first-order chi connectivity index (χ1) is 9.80. The minimum absolute atomic E-state index is 0.0458. The van der Waals surface area contributed by atoms with Gasteiger partial charge < -0.3 is 10.6 Å². The summed E-state index contributed by atoms with van der Waals surface area (Å²) in [6.07, 6.45) is 3.36. The van der Waals surface area contributed by atoms with E-state index in [1.54, 1.807) is 0 Å². The Labute approximate surface area is 130 Å².